The van der Waals surface area contributed by atoms with Crippen molar-refractivity contribution >= 4 is 11.8 Å². The number of piperazine rings is 1. The number of rotatable bonds is 4. The van der Waals surface area contributed by atoms with Gasteiger partial charge in [0.05, 0.1) is 11.4 Å². The number of nitrogens with one attached hydrogen (secondary N) is 1. The molecule has 1 fully saturated rings. The molecule has 3 rings (SSSR count). The summed E-state index contributed by atoms with van der Waals surface area (Å²) in [4.78, 5) is 27.2. The minimum Gasteiger partial charge on any atom is -0.475 e. The normalized spacial score (nSPS) is 20.0. The first-order chi connectivity index (χ1) is 14.5. The fourth-order valence-corrected chi connectivity index (χ4v) is 3.19. The zero-order valence-corrected chi connectivity index (χ0v) is 17.9. The lowest BCUT2D eigenvalue weighted by Gasteiger charge is -2.43. The van der Waals surface area contributed by atoms with Gasteiger partial charge < -0.3 is 15.3 Å². The molecule has 2 aromatic heterocycles. The molecule has 0 spiro atoms. The number of aryl methyl sites for hydroxylation is 1. The summed E-state index contributed by atoms with van der Waals surface area (Å²) in [5.41, 5.74) is 1.72. The van der Waals surface area contributed by atoms with Gasteiger partial charge in [0.2, 0.25) is 0 Å². The first kappa shape index (κ1) is 24.5. The van der Waals surface area contributed by atoms with Crippen LogP contribution in [0.4, 0.5) is 19.0 Å². The van der Waals surface area contributed by atoms with Crippen LogP contribution in [-0.4, -0.2) is 87.8 Å². The van der Waals surface area contributed by atoms with E-state index in [2.05, 4.69) is 51.1 Å². The molecule has 0 aromatic carbocycles. The molecule has 0 aliphatic carbocycles. The summed E-state index contributed by atoms with van der Waals surface area (Å²) in [6, 6.07) is 8.80. The Bertz CT molecular complexity index is 866. The molecule has 1 aliphatic heterocycles. The number of hydrogen-bond donors (Lipinski definition) is 2. The van der Waals surface area contributed by atoms with Crippen molar-refractivity contribution in [1.82, 2.24) is 24.8 Å². The van der Waals surface area contributed by atoms with Crippen LogP contribution in [0.5, 0.6) is 0 Å². The number of carboxylic acid groups (broad SMARTS) is 1. The van der Waals surface area contributed by atoms with Gasteiger partial charge in [-0.3, -0.25) is 9.88 Å². The zero-order chi connectivity index (χ0) is 23.2. The van der Waals surface area contributed by atoms with E-state index in [1.807, 2.05) is 31.2 Å². The van der Waals surface area contributed by atoms with Crippen LogP contribution in [-0.2, 0) is 4.79 Å². The predicted molar refractivity (Wildman–Crippen MR) is 111 cm³/mol. The summed E-state index contributed by atoms with van der Waals surface area (Å²) >= 11 is 0. The van der Waals surface area contributed by atoms with Crippen molar-refractivity contribution in [3.63, 3.8) is 0 Å². The van der Waals surface area contributed by atoms with Crippen LogP contribution in [0.3, 0.4) is 0 Å². The highest BCUT2D eigenvalue weighted by atomic mass is 19.4. The molecule has 2 atom stereocenters. The van der Waals surface area contributed by atoms with E-state index in [4.69, 9.17) is 9.90 Å². The second kappa shape index (κ2) is 10.5. The van der Waals surface area contributed by atoms with E-state index in [1.54, 1.807) is 6.20 Å². The van der Waals surface area contributed by atoms with Crippen LogP contribution in [0, 0.1) is 6.92 Å². The predicted octanol–water partition coefficient (Wildman–Crippen LogP) is 2.53. The summed E-state index contributed by atoms with van der Waals surface area (Å²) in [6.45, 7) is 7.27. The van der Waals surface area contributed by atoms with Crippen molar-refractivity contribution in [2.75, 3.05) is 39.0 Å². The second-order valence-corrected chi connectivity index (χ2v) is 7.35. The minimum absolute atomic E-state index is 0.456. The Labute approximate surface area is 179 Å². The van der Waals surface area contributed by atoms with Crippen LogP contribution in [0.1, 0.15) is 12.7 Å². The molecule has 170 valence electrons. The number of aliphatic carboxylic acids is 1. The number of hydrogen-bond acceptors (Lipinski definition) is 7. The SMILES string of the molecule is Cc1nc(NCC2C(C)N(C)CCN2C)cc(-c2ccccn2)n1.O=C(O)C(F)(F)F. The number of carbonyl (C=O) groups is 1. The molecule has 1 saturated heterocycles. The number of alkyl halides is 3. The van der Waals surface area contributed by atoms with Gasteiger partial charge in [-0.05, 0) is 40.1 Å². The number of carboxylic acids is 1. The number of pyridine rings is 1. The minimum atomic E-state index is -5.08. The van der Waals surface area contributed by atoms with Crippen LogP contribution in [0.2, 0.25) is 0 Å². The van der Waals surface area contributed by atoms with Gasteiger partial charge >= 0.3 is 12.1 Å². The second-order valence-electron chi connectivity index (χ2n) is 7.35. The lowest BCUT2D eigenvalue weighted by molar-refractivity contribution is -0.192. The lowest BCUT2D eigenvalue weighted by atomic mass is 10.0. The van der Waals surface area contributed by atoms with Gasteiger partial charge in [0, 0.05) is 44.0 Å². The highest BCUT2D eigenvalue weighted by Crippen LogP contribution is 2.19. The molecule has 0 radical (unpaired) electrons. The zero-order valence-electron chi connectivity index (χ0n) is 17.9. The first-order valence-corrected chi connectivity index (χ1v) is 9.70. The summed E-state index contributed by atoms with van der Waals surface area (Å²) in [5, 5.41) is 10.6. The van der Waals surface area contributed by atoms with E-state index < -0.39 is 12.1 Å². The number of halogens is 3. The number of anilines is 1. The molecule has 8 nitrogen and oxygen atoms in total. The van der Waals surface area contributed by atoms with Crippen molar-refractivity contribution in [3.05, 3.63) is 36.3 Å². The Morgan fingerprint density at radius 2 is 1.84 bits per heavy atom. The Morgan fingerprint density at radius 3 is 2.42 bits per heavy atom. The highest BCUT2D eigenvalue weighted by Gasteiger charge is 2.38. The van der Waals surface area contributed by atoms with Crippen molar-refractivity contribution in [2.45, 2.75) is 32.1 Å². The molecular weight excluding hydrogens is 413 g/mol. The van der Waals surface area contributed by atoms with Crippen LogP contribution in [0.15, 0.2) is 30.5 Å². The fraction of sp³-hybridized carbons (Fsp3) is 0.500. The Hall–Kier alpha value is -2.79. The molecule has 2 aromatic rings. The fourth-order valence-electron chi connectivity index (χ4n) is 3.19. The van der Waals surface area contributed by atoms with Crippen molar-refractivity contribution in [2.24, 2.45) is 0 Å². The largest absolute Gasteiger partial charge is 0.490 e. The molecule has 0 amide bonds. The van der Waals surface area contributed by atoms with Crippen LogP contribution >= 0.6 is 0 Å². The van der Waals surface area contributed by atoms with Crippen LogP contribution < -0.4 is 5.32 Å². The molecule has 0 saturated carbocycles. The summed E-state index contributed by atoms with van der Waals surface area (Å²) in [5.74, 6) is -1.15. The summed E-state index contributed by atoms with van der Waals surface area (Å²) in [6.07, 6.45) is -3.30. The van der Waals surface area contributed by atoms with Crippen LogP contribution in [0.25, 0.3) is 11.4 Å². The molecule has 2 unspecified atom stereocenters. The van der Waals surface area contributed by atoms with E-state index in [9.17, 15) is 13.2 Å². The Balaban J connectivity index is 0.000000423. The molecule has 11 heteroatoms. The van der Waals surface area contributed by atoms with Gasteiger partial charge in [0.15, 0.2) is 0 Å². The smallest absolute Gasteiger partial charge is 0.475 e. The summed E-state index contributed by atoms with van der Waals surface area (Å²) in [7, 11) is 4.39. The first-order valence-electron chi connectivity index (χ1n) is 9.70. The maximum Gasteiger partial charge on any atom is 0.490 e. The topological polar surface area (TPSA) is 94.5 Å². The van der Waals surface area contributed by atoms with Gasteiger partial charge in [-0.25, -0.2) is 14.8 Å². The number of likely N-dealkylation sites (N-methyl/N-ethyl adjacent to an activating group) is 2. The van der Waals surface area contributed by atoms with E-state index >= 15 is 0 Å². The third-order valence-corrected chi connectivity index (χ3v) is 5.12. The molecular formula is C20H27F3N6O2. The van der Waals surface area contributed by atoms with E-state index in [0.29, 0.717) is 12.1 Å². The third kappa shape index (κ3) is 7.14. The standard InChI is InChI=1S/C18H26N6.C2HF3O2/c1-13-17(24(4)10-9-23(13)3)12-20-18-11-16(21-14(2)22-18)15-7-5-6-8-19-15;3-2(4,5)1(6)7/h5-8,11,13,17H,9-10,12H2,1-4H3,(H,20,21,22);(H,6,7). The molecule has 2 N–H and O–H groups in total. The third-order valence-electron chi connectivity index (χ3n) is 5.12. The van der Waals surface area contributed by atoms with Gasteiger partial charge in [0.25, 0.3) is 0 Å². The van der Waals surface area contributed by atoms with E-state index in [-0.39, 0.29) is 0 Å². The molecule has 31 heavy (non-hydrogen) atoms. The summed E-state index contributed by atoms with van der Waals surface area (Å²) < 4.78 is 31.7. The van der Waals surface area contributed by atoms with Gasteiger partial charge in [-0.2, -0.15) is 13.2 Å². The number of nitrogens with zero attached hydrogens (tertiary/aromatic N) is 5. The average molecular weight is 440 g/mol. The lowest BCUT2D eigenvalue weighted by Crippen LogP contribution is -2.58. The monoisotopic (exact) mass is 440 g/mol. The van der Waals surface area contributed by atoms with E-state index in [1.165, 1.54) is 0 Å². The highest BCUT2D eigenvalue weighted by molar-refractivity contribution is 5.73. The van der Waals surface area contributed by atoms with Crippen molar-refractivity contribution in [1.29, 1.82) is 0 Å². The maximum absolute atomic E-state index is 10.6. The average Bonchev–Trinajstić information content (AvgIpc) is 2.71. The molecule has 0 bridgehead atoms. The Kier molecular flexibility index (Phi) is 8.28. The molecule has 1 aliphatic rings. The van der Waals surface area contributed by atoms with Gasteiger partial charge in [-0.1, -0.05) is 6.07 Å². The number of aromatic nitrogens is 3. The van der Waals surface area contributed by atoms with Gasteiger partial charge in [0.1, 0.15) is 11.6 Å². The maximum atomic E-state index is 10.6. The van der Waals surface area contributed by atoms with Gasteiger partial charge in [-0.15, -0.1) is 0 Å². The van der Waals surface area contributed by atoms with Crippen molar-refractivity contribution in [3.8, 4) is 11.4 Å². The molecule has 3 heterocycles. The Morgan fingerprint density at radius 1 is 1.19 bits per heavy atom. The van der Waals surface area contributed by atoms with Crippen molar-refractivity contribution < 1.29 is 23.1 Å². The van der Waals surface area contributed by atoms with E-state index in [0.717, 1.165) is 42.7 Å². The quantitative estimate of drug-likeness (QED) is 0.749.